The monoisotopic (exact) mass is 571 g/mol. The number of likely N-dealkylation sites (N-methyl/N-ethyl adjacent to an activating group) is 1. The van der Waals surface area contributed by atoms with E-state index in [4.69, 9.17) is 14.2 Å². The molecule has 0 spiro atoms. The Kier molecular flexibility index (Phi) is 9.42. The number of nitrogens with zero attached hydrogens (tertiary/aromatic N) is 1. The van der Waals surface area contributed by atoms with Crippen molar-refractivity contribution in [1.29, 1.82) is 0 Å². The molecule has 0 bridgehead atoms. The van der Waals surface area contributed by atoms with Gasteiger partial charge in [-0.15, -0.1) is 24.0 Å². The number of fused-ring (bicyclic) bond motifs is 1. The van der Waals surface area contributed by atoms with Gasteiger partial charge in [0.1, 0.15) is 23.9 Å². The van der Waals surface area contributed by atoms with Crippen LogP contribution in [0.3, 0.4) is 0 Å². The van der Waals surface area contributed by atoms with E-state index in [1.54, 1.807) is 14.2 Å². The van der Waals surface area contributed by atoms with Crippen molar-refractivity contribution in [2.45, 2.75) is 20.3 Å². The van der Waals surface area contributed by atoms with Crippen LogP contribution >= 0.6 is 24.0 Å². The van der Waals surface area contributed by atoms with Gasteiger partial charge in [0.25, 0.3) is 0 Å². The van der Waals surface area contributed by atoms with Gasteiger partial charge in [-0.05, 0) is 89.3 Å². The highest BCUT2D eigenvalue weighted by atomic mass is 127. The molecule has 0 heterocycles. The fourth-order valence-corrected chi connectivity index (χ4v) is 4.45. The molecule has 0 saturated carbocycles. The molecule has 5 heteroatoms. The number of benzene rings is 3. The number of methoxy groups -OCH3 is 2. The summed E-state index contributed by atoms with van der Waals surface area (Å²) in [6.07, 6.45) is 0.871. The van der Waals surface area contributed by atoms with Gasteiger partial charge in [0.2, 0.25) is 0 Å². The smallest absolute Gasteiger partial charge is 0.119 e. The van der Waals surface area contributed by atoms with Crippen LogP contribution in [0.5, 0.6) is 17.2 Å². The van der Waals surface area contributed by atoms with Crippen molar-refractivity contribution in [3.8, 4) is 17.2 Å². The molecule has 4 rings (SSSR count). The van der Waals surface area contributed by atoms with Gasteiger partial charge in [-0.3, -0.25) is 0 Å². The van der Waals surface area contributed by atoms with Gasteiger partial charge in [-0.25, -0.2) is 0 Å². The third kappa shape index (κ3) is 5.76. The molecule has 0 unspecified atom stereocenters. The molecule has 0 radical (unpaired) electrons. The van der Waals surface area contributed by atoms with Gasteiger partial charge in [0.15, 0.2) is 0 Å². The van der Waals surface area contributed by atoms with Crippen LogP contribution in [0.25, 0.3) is 11.1 Å². The average Bonchev–Trinajstić information content (AvgIpc) is 3.25. The van der Waals surface area contributed by atoms with Crippen LogP contribution in [-0.4, -0.2) is 45.4 Å². The molecule has 0 aromatic heterocycles. The van der Waals surface area contributed by atoms with Crippen molar-refractivity contribution in [3.05, 3.63) is 89.0 Å². The normalized spacial score (nSPS) is 12.4. The lowest BCUT2D eigenvalue weighted by Crippen LogP contribution is -2.27. The summed E-state index contributed by atoms with van der Waals surface area (Å²) in [7, 11) is 3.41. The van der Waals surface area contributed by atoms with Crippen LogP contribution in [0, 0.1) is 0 Å². The third-order valence-corrected chi connectivity index (χ3v) is 6.40. The minimum Gasteiger partial charge on any atom is -0.497 e. The zero-order chi connectivity index (χ0) is 23.2. The van der Waals surface area contributed by atoms with Crippen molar-refractivity contribution < 1.29 is 14.2 Å². The lowest BCUT2D eigenvalue weighted by molar-refractivity contribution is 0.223. The van der Waals surface area contributed by atoms with Crippen LogP contribution in [0.1, 0.15) is 36.1 Å². The Hall–Kier alpha value is -2.51. The van der Waals surface area contributed by atoms with Crippen LogP contribution in [0.2, 0.25) is 0 Å². The molecule has 1 aliphatic carbocycles. The van der Waals surface area contributed by atoms with Gasteiger partial charge in [-0.1, -0.05) is 44.2 Å². The van der Waals surface area contributed by atoms with Crippen LogP contribution < -0.4 is 14.2 Å². The summed E-state index contributed by atoms with van der Waals surface area (Å²) in [4.78, 5) is 2.37. The first kappa shape index (κ1) is 26.1. The summed E-state index contributed by atoms with van der Waals surface area (Å²) in [5.41, 5.74) is 7.54. The summed E-state index contributed by atoms with van der Waals surface area (Å²) >= 11 is 0. The number of hydrogen-bond donors (Lipinski definition) is 0. The van der Waals surface area contributed by atoms with Crippen LogP contribution in [0.4, 0.5) is 0 Å². The van der Waals surface area contributed by atoms with Crippen molar-refractivity contribution in [1.82, 2.24) is 4.90 Å². The van der Waals surface area contributed by atoms with Crippen molar-refractivity contribution in [3.63, 3.8) is 0 Å². The second kappa shape index (κ2) is 12.3. The number of halogens is 1. The summed E-state index contributed by atoms with van der Waals surface area (Å²) in [6.45, 7) is 8.10. The molecule has 4 nitrogen and oxygen atoms in total. The number of rotatable bonds is 10. The Bertz CT molecular complexity index is 1100. The highest BCUT2D eigenvalue weighted by Crippen LogP contribution is 2.43. The first-order chi connectivity index (χ1) is 16.2. The lowest BCUT2D eigenvalue weighted by atomic mass is 9.94. The Morgan fingerprint density at radius 1 is 0.735 bits per heavy atom. The largest absolute Gasteiger partial charge is 0.497 e. The van der Waals surface area contributed by atoms with E-state index in [1.165, 1.54) is 33.4 Å². The Labute approximate surface area is 220 Å². The Morgan fingerprint density at radius 2 is 1.32 bits per heavy atom. The maximum atomic E-state index is 6.01. The topological polar surface area (TPSA) is 30.9 Å². The molecular formula is C29H34INO3. The molecule has 0 N–H and O–H groups in total. The highest BCUT2D eigenvalue weighted by Gasteiger charge is 2.24. The van der Waals surface area contributed by atoms with Gasteiger partial charge in [-0.2, -0.15) is 0 Å². The van der Waals surface area contributed by atoms with E-state index in [0.717, 1.165) is 43.3 Å². The molecule has 3 aromatic rings. The highest BCUT2D eigenvalue weighted by molar-refractivity contribution is 14.0. The summed E-state index contributed by atoms with van der Waals surface area (Å²) in [5.74, 6) is 2.66. The SMILES string of the molecule is CCN(CC)CCOc1ccc(C2=C(c3ccc(OC)cc3)Cc3cc(OC)ccc32)cc1.I. The quantitative estimate of drug-likeness (QED) is 0.258. The zero-order valence-electron chi connectivity index (χ0n) is 20.5. The summed E-state index contributed by atoms with van der Waals surface area (Å²) < 4.78 is 16.8. The molecule has 0 aliphatic heterocycles. The van der Waals surface area contributed by atoms with Crippen molar-refractivity contribution in [2.24, 2.45) is 0 Å². The van der Waals surface area contributed by atoms with E-state index in [9.17, 15) is 0 Å². The molecule has 3 aromatic carbocycles. The van der Waals surface area contributed by atoms with Crippen molar-refractivity contribution in [2.75, 3.05) is 40.5 Å². The van der Waals surface area contributed by atoms with Crippen molar-refractivity contribution >= 4 is 35.1 Å². The molecule has 34 heavy (non-hydrogen) atoms. The number of hydrogen-bond acceptors (Lipinski definition) is 4. The fourth-order valence-electron chi connectivity index (χ4n) is 4.45. The molecule has 0 saturated heterocycles. The predicted molar refractivity (Wildman–Crippen MR) is 151 cm³/mol. The maximum Gasteiger partial charge on any atom is 0.119 e. The minimum absolute atomic E-state index is 0. The third-order valence-electron chi connectivity index (χ3n) is 6.40. The van der Waals surface area contributed by atoms with Gasteiger partial charge >= 0.3 is 0 Å². The standard InChI is InChI=1S/C29H33NO3.HI/c1-5-30(6-2)17-18-33-25-13-9-22(10-14-25)29-27-16-15-26(32-4)19-23(27)20-28(29)21-7-11-24(31-3)12-8-21;/h7-16,19H,5-6,17-18,20H2,1-4H3;1H. The molecule has 0 atom stereocenters. The maximum absolute atomic E-state index is 6.01. The van der Waals surface area contributed by atoms with Gasteiger partial charge in [0.05, 0.1) is 14.2 Å². The molecule has 1 aliphatic rings. The summed E-state index contributed by atoms with van der Waals surface area (Å²) in [5, 5.41) is 0. The zero-order valence-corrected chi connectivity index (χ0v) is 22.8. The molecule has 0 fully saturated rings. The van der Waals surface area contributed by atoms with E-state index in [2.05, 4.69) is 67.3 Å². The fraction of sp³-hybridized carbons (Fsp3) is 0.310. The van der Waals surface area contributed by atoms with E-state index in [-0.39, 0.29) is 24.0 Å². The van der Waals surface area contributed by atoms with Crippen LogP contribution in [0.15, 0.2) is 66.7 Å². The van der Waals surface area contributed by atoms with E-state index in [0.29, 0.717) is 6.61 Å². The Balaban J connectivity index is 0.00000324. The number of ether oxygens (including phenoxy) is 3. The average molecular weight is 571 g/mol. The first-order valence-corrected chi connectivity index (χ1v) is 11.7. The molecule has 0 amide bonds. The van der Waals surface area contributed by atoms with E-state index >= 15 is 0 Å². The lowest BCUT2D eigenvalue weighted by Gasteiger charge is -2.18. The Morgan fingerprint density at radius 3 is 1.94 bits per heavy atom. The van der Waals surface area contributed by atoms with Gasteiger partial charge < -0.3 is 19.1 Å². The number of allylic oxidation sites excluding steroid dienone is 1. The van der Waals surface area contributed by atoms with E-state index in [1.807, 2.05) is 18.2 Å². The second-order valence-corrected chi connectivity index (χ2v) is 8.18. The predicted octanol–water partition coefficient (Wildman–Crippen LogP) is 6.56. The summed E-state index contributed by atoms with van der Waals surface area (Å²) in [6, 6.07) is 23.2. The van der Waals surface area contributed by atoms with Gasteiger partial charge in [0, 0.05) is 6.54 Å². The first-order valence-electron chi connectivity index (χ1n) is 11.7. The molecular weight excluding hydrogens is 537 g/mol. The second-order valence-electron chi connectivity index (χ2n) is 8.18. The van der Waals surface area contributed by atoms with E-state index < -0.39 is 0 Å². The molecule has 180 valence electrons. The minimum atomic E-state index is 0. The van der Waals surface area contributed by atoms with Crippen LogP contribution in [-0.2, 0) is 6.42 Å².